The summed E-state index contributed by atoms with van der Waals surface area (Å²) in [6, 6.07) is 0.298. The van der Waals surface area contributed by atoms with Gasteiger partial charge in [0, 0.05) is 17.8 Å². The molecule has 0 heterocycles. The molecule has 0 aromatic carbocycles. The summed E-state index contributed by atoms with van der Waals surface area (Å²) in [5.74, 6) is 0.213. The van der Waals surface area contributed by atoms with Crippen LogP contribution in [-0.2, 0) is 4.79 Å². The van der Waals surface area contributed by atoms with E-state index in [1.54, 1.807) is 0 Å². The van der Waals surface area contributed by atoms with E-state index in [9.17, 15) is 4.79 Å². The van der Waals surface area contributed by atoms with Crippen molar-refractivity contribution < 1.29 is 4.79 Å². The van der Waals surface area contributed by atoms with Gasteiger partial charge in [0.1, 0.15) is 0 Å². The van der Waals surface area contributed by atoms with Gasteiger partial charge < -0.3 is 5.32 Å². The van der Waals surface area contributed by atoms with Crippen LogP contribution in [0.25, 0.3) is 0 Å². The van der Waals surface area contributed by atoms with Gasteiger partial charge in [0.15, 0.2) is 0 Å². The smallest absolute Gasteiger partial charge is 0.220 e. The number of nitrogens with one attached hydrogen (secondary N) is 1. The Morgan fingerprint density at radius 2 is 1.65 bits per heavy atom. The van der Waals surface area contributed by atoms with Crippen LogP contribution >= 0.6 is 15.9 Å². The van der Waals surface area contributed by atoms with Gasteiger partial charge >= 0.3 is 0 Å². The van der Waals surface area contributed by atoms with Gasteiger partial charge in [-0.1, -0.05) is 68.3 Å². The fourth-order valence-corrected chi connectivity index (χ4v) is 2.41. The lowest BCUT2D eigenvalue weighted by atomic mass is 10.1. The molecule has 17 heavy (non-hydrogen) atoms. The number of amides is 1. The summed E-state index contributed by atoms with van der Waals surface area (Å²) in [5.41, 5.74) is 0. The van der Waals surface area contributed by atoms with Gasteiger partial charge in [0.05, 0.1) is 0 Å². The van der Waals surface area contributed by atoms with Gasteiger partial charge in [-0.3, -0.25) is 4.79 Å². The zero-order chi connectivity index (χ0) is 12.9. The predicted octanol–water partition coefficient (Wildman–Crippen LogP) is 4.42. The van der Waals surface area contributed by atoms with E-state index in [2.05, 4.69) is 35.1 Å². The first-order valence-electron chi connectivity index (χ1n) is 7.09. The van der Waals surface area contributed by atoms with Crippen molar-refractivity contribution in [3.63, 3.8) is 0 Å². The minimum Gasteiger partial charge on any atom is -0.353 e. The molecule has 1 atom stereocenters. The first-order valence-corrected chi connectivity index (χ1v) is 8.22. The van der Waals surface area contributed by atoms with Crippen molar-refractivity contribution in [2.45, 2.75) is 77.7 Å². The Morgan fingerprint density at radius 3 is 2.18 bits per heavy atom. The van der Waals surface area contributed by atoms with Gasteiger partial charge in [-0.2, -0.15) is 0 Å². The molecule has 2 nitrogen and oxygen atoms in total. The van der Waals surface area contributed by atoms with Crippen LogP contribution in [0.4, 0.5) is 0 Å². The first-order chi connectivity index (χ1) is 8.24. The zero-order valence-electron chi connectivity index (χ0n) is 11.4. The highest BCUT2D eigenvalue weighted by molar-refractivity contribution is 9.09. The number of halogens is 1. The number of carbonyl (C=O) groups excluding carboxylic acids is 1. The van der Waals surface area contributed by atoms with Gasteiger partial charge in [-0.25, -0.2) is 0 Å². The largest absolute Gasteiger partial charge is 0.353 e. The number of hydrogen-bond acceptors (Lipinski definition) is 1. The quantitative estimate of drug-likeness (QED) is 0.444. The Labute approximate surface area is 115 Å². The Morgan fingerprint density at radius 1 is 1.06 bits per heavy atom. The van der Waals surface area contributed by atoms with E-state index in [4.69, 9.17) is 0 Å². The monoisotopic (exact) mass is 305 g/mol. The summed E-state index contributed by atoms with van der Waals surface area (Å²) in [6.07, 6.45) is 10.5. The van der Waals surface area contributed by atoms with Crippen molar-refractivity contribution in [2.75, 3.05) is 5.33 Å². The standard InChI is InChI=1S/C14H28BrNO/c1-3-5-6-7-8-9-10-11-14(17)16-13(4-2)12-15/h13H,3-12H2,1-2H3,(H,16,17). The molecule has 0 radical (unpaired) electrons. The van der Waals surface area contributed by atoms with Crippen molar-refractivity contribution in [1.82, 2.24) is 5.32 Å². The minimum atomic E-state index is 0.213. The van der Waals surface area contributed by atoms with Crippen molar-refractivity contribution in [3.8, 4) is 0 Å². The van der Waals surface area contributed by atoms with E-state index in [1.807, 2.05) is 0 Å². The van der Waals surface area contributed by atoms with Crippen molar-refractivity contribution >= 4 is 21.8 Å². The summed E-state index contributed by atoms with van der Waals surface area (Å²) in [6.45, 7) is 4.33. The topological polar surface area (TPSA) is 29.1 Å². The van der Waals surface area contributed by atoms with Crippen LogP contribution in [0.1, 0.15) is 71.6 Å². The molecule has 0 aliphatic carbocycles. The second-order valence-electron chi connectivity index (χ2n) is 4.70. The fraction of sp³-hybridized carbons (Fsp3) is 0.929. The summed E-state index contributed by atoms with van der Waals surface area (Å²) >= 11 is 3.41. The fourth-order valence-electron chi connectivity index (χ4n) is 1.79. The van der Waals surface area contributed by atoms with E-state index in [0.29, 0.717) is 12.5 Å². The normalized spacial score (nSPS) is 12.4. The highest BCUT2D eigenvalue weighted by Crippen LogP contribution is 2.08. The maximum atomic E-state index is 11.6. The molecule has 0 fully saturated rings. The van der Waals surface area contributed by atoms with Gasteiger partial charge in [-0.15, -0.1) is 0 Å². The van der Waals surface area contributed by atoms with E-state index in [1.165, 1.54) is 38.5 Å². The Kier molecular flexibility index (Phi) is 12.4. The Bertz CT molecular complexity index is 181. The number of carbonyl (C=O) groups is 1. The van der Waals surface area contributed by atoms with E-state index in [0.717, 1.165) is 18.2 Å². The number of rotatable bonds is 11. The number of hydrogen-bond donors (Lipinski definition) is 1. The molecule has 0 rings (SSSR count). The van der Waals surface area contributed by atoms with Crippen LogP contribution in [0.2, 0.25) is 0 Å². The summed E-state index contributed by atoms with van der Waals surface area (Å²) in [5, 5.41) is 3.90. The van der Waals surface area contributed by atoms with E-state index in [-0.39, 0.29) is 5.91 Å². The maximum Gasteiger partial charge on any atom is 0.220 e. The highest BCUT2D eigenvalue weighted by atomic mass is 79.9. The SMILES string of the molecule is CCCCCCCCCC(=O)NC(CC)CBr. The third kappa shape index (κ3) is 10.8. The average Bonchev–Trinajstić information content (AvgIpc) is 2.34. The zero-order valence-corrected chi connectivity index (χ0v) is 13.0. The maximum absolute atomic E-state index is 11.6. The third-order valence-electron chi connectivity index (χ3n) is 3.05. The molecule has 1 amide bonds. The molecule has 0 aromatic rings. The predicted molar refractivity (Wildman–Crippen MR) is 78.6 cm³/mol. The molecule has 1 N–H and O–H groups in total. The molecule has 0 aromatic heterocycles. The van der Waals surface area contributed by atoms with Crippen molar-refractivity contribution in [2.24, 2.45) is 0 Å². The molecule has 102 valence electrons. The van der Waals surface area contributed by atoms with Crippen LogP contribution in [-0.4, -0.2) is 17.3 Å². The van der Waals surface area contributed by atoms with Crippen LogP contribution in [0.15, 0.2) is 0 Å². The van der Waals surface area contributed by atoms with Gasteiger partial charge in [0.2, 0.25) is 5.91 Å². The molecule has 3 heteroatoms. The van der Waals surface area contributed by atoms with Crippen molar-refractivity contribution in [1.29, 1.82) is 0 Å². The second-order valence-corrected chi connectivity index (χ2v) is 5.35. The lowest BCUT2D eigenvalue weighted by Gasteiger charge is -2.13. The molecule has 0 saturated heterocycles. The third-order valence-corrected chi connectivity index (χ3v) is 3.83. The first kappa shape index (κ1) is 16.9. The number of unbranched alkanes of at least 4 members (excludes halogenated alkanes) is 6. The molecule has 0 saturated carbocycles. The molecule has 0 aliphatic rings. The van der Waals surface area contributed by atoms with E-state index < -0.39 is 0 Å². The molecular weight excluding hydrogens is 278 g/mol. The molecule has 0 bridgehead atoms. The average molecular weight is 306 g/mol. The molecule has 0 aliphatic heterocycles. The van der Waals surface area contributed by atoms with Crippen LogP contribution in [0.3, 0.4) is 0 Å². The highest BCUT2D eigenvalue weighted by Gasteiger charge is 2.07. The Hall–Kier alpha value is -0.0500. The molecule has 1 unspecified atom stereocenters. The summed E-state index contributed by atoms with van der Waals surface area (Å²) in [4.78, 5) is 11.6. The van der Waals surface area contributed by atoms with Crippen LogP contribution in [0, 0.1) is 0 Å². The summed E-state index contributed by atoms with van der Waals surface area (Å²) in [7, 11) is 0. The molecule has 0 spiro atoms. The van der Waals surface area contributed by atoms with Gasteiger partial charge in [-0.05, 0) is 12.8 Å². The number of alkyl halides is 1. The van der Waals surface area contributed by atoms with E-state index >= 15 is 0 Å². The minimum absolute atomic E-state index is 0.213. The lowest BCUT2D eigenvalue weighted by molar-refractivity contribution is -0.121. The molecular formula is C14H28BrNO. The van der Waals surface area contributed by atoms with Crippen LogP contribution in [0.5, 0.6) is 0 Å². The van der Waals surface area contributed by atoms with Crippen LogP contribution < -0.4 is 5.32 Å². The summed E-state index contributed by atoms with van der Waals surface area (Å²) < 4.78 is 0. The second kappa shape index (κ2) is 12.4. The Balaban J connectivity index is 3.33. The van der Waals surface area contributed by atoms with Gasteiger partial charge in [0.25, 0.3) is 0 Å². The van der Waals surface area contributed by atoms with Crippen molar-refractivity contribution in [3.05, 3.63) is 0 Å². The lowest BCUT2D eigenvalue weighted by Crippen LogP contribution is -2.35.